The average molecular weight is 275 g/mol. The Balaban J connectivity index is 2.01. The van der Waals surface area contributed by atoms with Crippen LogP contribution in [-0.4, -0.2) is 23.1 Å². The topological polar surface area (TPSA) is 88.2 Å². The molecule has 1 N–H and O–H groups in total. The third-order valence-corrected chi connectivity index (χ3v) is 3.24. The quantitative estimate of drug-likeness (QED) is 0.635. The fraction of sp³-hybridized carbons (Fsp3) is 0.500. The van der Waals surface area contributed by atoms with E-state index < -0.39 is 10.5 Å². The number of hydrogen-bond acceptors (Lipinski definition) is 5. The van der Waals surface area contributed by atoms with Gasteiger partial charge in [-0.2, -0.15) is 5.26 Å². The van der Waals surface area contributed by atoms with E-state index in [0.717, 1.165) is 12.8 Å². The summed E-state index contributed by atoms with van der Waals surface area (Å²) >= 11 is 0. The summed E-state index contributed by atoms with van der Waals surface area (Å²) in [5, 5.41) is 23.2. The van der Waals surface area contributed by atoms with Crippen molar-refractivity contribution >= 4 is 5.69 Å². The molecule has 1 atom stereocenters. The van der Waals surface area contributed by atoms with Crippen molar-refractivity contribution in [2.45, 2.75) is 38.3 Å². The number of aryl methyl sites for hydroxylation is 1. The number of rotatable bonds is 6. The third kappa shape index (κ3) is 3.45. The molecule has 0 heterocycles. The molecule has 2 rings (SSSR count). The molecule has 1 unspecified atom stereocenters. The van der Waals surface area contributed by atoms with Gasteiger partial charge < -0.3 is 4.74 Å². The van der Waals surface area contributed by atoms with Gasteiger partial charge in [0.2, 0.25) is 0 Å². The van der Waals surface area contributed by atoms with Crippen molar-refractivity contribution in [2.75, 3.05) is 6.61 Å². The highest BCUT2D eigenvalue weighted by Crippen LogP contribution is 2.25. The highest BCUT2D eigenvalue weighted by molar-refractivity contribution is 5.44. The summed E-state index contributed by atoms with van der Waals surface area (Å²) in [6.45, 7) is 3.66. The number of nitro groups is 1. The summed E-state index contributed by atoms with van der Waals surface area (Å²) in [7, 11) is 0. The Morgan fingerprint density at radius 2 is 2.30 bits per heavy atom. The molecule has 20 heavy (non-hydrogen) atoms. The lowest BCUT2D eigenvalue weighted by molar-refractivity contribution is -0.385. The number of hydrogen-bond donors (Lipinski definition) is 1. The Morgan fingerprint density at radius 1 is 1.60 bits per heavy atom. The minimum absolute atomic E-state index is 0.0662. The normalized spacial score (nSPS) is 17.1. The Kier molecular flexibility index (Phi) is 3.91. The van der Waals surface area contributed by atoms with E-state index in [1.165, 1.54) is 6.07 Å². The van der Waals surface area contributed by atoms with Crippen LogP contribution in [0, 0.1) is 28.4 Å². The van der Waals surface area contributed by atoms with Crippen molar-refractivity contribution in [3.8, 4) is 11.8 Å². The van der Waals surface area contributed by atoms with Crippen LogP contribution < -0.4 is 10.1 Å². The molecule has 1 aromatic rings. The van der Waals surface area contributed by atoms with Gasteiger partial charge in [0, 0.05) is 17.7 Å². The number of benzene rings is 1. The number of nitriles is 1. The van der Waals surface area contributed by atoms with E-state index in [0.29, 0.717) is 17.4 Å². The smallest absolute Gasteiger partial charge is 0.272 e. The van der Waals surface area contributed by atoms with E-state index in [1.807, 2.05) is 0 Å². The maximum absolute atomic E-state index is 10.7. The zero-order valence-electron chi connectivity index (χ0n) is 11.5. The van der Waals surface area contributed by atoms with Crippen LogP contribution in [0.2, 0.25) is 0 Å². The van der Waals surface area contributed by atoms with Gasteiger partial charge in [0.25, 0.3) is 5.69 Å². The molecule has 6 nitrogen and oxygen atoms in total. The molecule has 1 fully saturated rings. The van der Waals surface area contributed by atoms with Crippen LogP contribution in [-0.2, 0) is 0 Å². The summed E-state index contributed by atoms with van der Waals surface area (Å²) in [4.78, 5) is 10.3. The number of nitrogens with zero attached hydrogens (tertiary/aromatic N) is 2. The molecule has 0 bridgehead atoms. The van der Waals surface area contributed by atoms with Gasteiger partial charge in [-0.1, -0.05) is 0 Å². The average Bonchev–Trinajstić information content (AvgIpc) is 3.20. The van der Waals surface area contributed by atoms with E-state index in [9.17, 15) is 15.4 Å². The highest BCUT2D eigenvalue weighted by Gasteiger charge is 2.33. The largest absolute Gasteiger partial charge is 0.491 e. The lowest BCUT2D eigenvalue weighted by Gasteiger charge is -2.23. The van der Waals surface area contributed by atoms with Crippen LogP contribution >= 0.6 is 0 Å². The van der Waals surface area contributed by atoms with Crippen LogP contribution in [0.4, 0.5) is 5.69 Å². The molecule has 1 aliphatic carbocycles. The second-order valence-corrected chi connectivity index (χ2v) is 5.36. The molecule has 0 saturated heterocycles. The second kappa shape index (κ2) is 5.47. The Labute approximate surface area is 117 Å². The van der Waals surface area contributed by atoms with Crippen LogP contribution in [0.1, 0.15) is 25.3 Å². The first kappa shape index (κ1) is 14.3. The summed E-state index contributed by atoms with van der Waals surface area (Å²) in [6, 6.07) is 7.22. The Hall–Kier alpha value is -2.13. The van der Waals surface area contributed by atoms with Crippen molar-refractivity contribution in [2.24, 2.45) is 0 Å². The standard InChI is InChI=1S/C14H17N3O3/c1-10-7-12(5-6-13(10)17(18)19)20-9-14(2,8-15)16-11-3-4-11/h5-7,11,16H,3-4,9H2,1-2H3. The van der Waals surface area contributed by atoms with Crippen molar-refractivity contribution in [1.82, 2.24) is 5.32 Å². The Bertz CT molecular complexity index is 563. The van der Waals surface area contributed by atoms with E-state index in [-0.39, 0.29) is 12.3 Å². The summed E-state index contributed by atoms with van der Waals surface area (Å²) in [5.41, 5.74) is -0.130. The molecule has 1 aliphatic rings. The van der Waals surface area contributed by atoms with Crippen LogP contribution in [0.25, 0.3) is 0 Å². The van der Waals surface area contributed by atoms with E-state index in [2.05, 4.69) is 11.4 Å². The molecule has 0 spiro atoms. The molecule has 0 aliphatic heterocycles. The SMILES string of the molecule is Cc1cc(OCC(C)(C#N)NC2CC2)ccc1[N+](=O)[O-]. The van der Waals surface area contributed by atoms with Gasteiger partial charge in [-0.3, -0.25) is 15.4 Å². The van der Waals surface area contributed by atoms with Gasteiger partial charge in [0.05, 0.1) is 11.0 Å². The maximum atomic E-state index is 10.7. The zero-order valence-corrected chi connectivity index (χ0v) is 11.5. The predicted octanol–water partition coefficient (Wildman–Crippen LogP) is 2.32. The van der Waals surface area contributed by atoms with Crippen LogP contribution in [0.3, 0.4) is 0 Å². The minimum Gasteiger partial charge on any atom is -0.491 e. The van der Waals surface area contributed by atoms with Gasteiger partial charge in [-0.25, -0.2) is 0 Å². The van der Waals surface area contributed by atoms with Crippen LogP contribution in [0.15, 0.2) is 18.2 Å². The molecule has 106 valence electrons. The maximum Gasteiger partial charge on any atom is 0.272 e. The molecule has 6 heteroatoms. The minimum atomic E-state index is -0.739. The molecule has 0 aromatic heterocycles. The molecule has 1 saturated carbocycles. The summed E-state index contributed by atoms with van der Waals surface area (Å²) < 4.78 is 5.60. The fourth-order valence-electron chi connectivity index (χ4n) is 1.93. The van der Waals surface area contributed by atoms with E-state index >= 15 is 0 Å². The van der Waals surface area contributed by atoms with Crippen molar-refractivity contribution in [1.29, 1.82) is 5.26 Å². The monoisotopic (exact) mass is 275 g/mol. The van der Waals surface area contributed by atoms with Crippen molar-refractivity contribution < 1.29 is 9.66 Å². The second-order valence-electron chi connectivity index (χ2n) is 5.36. The highest BCUT2D eigenvalue weighted by atomic mass is 16.6. The van der Waals surface area contributed by atoms with Gasteiger partial charge in [0.1, 0.15) is 17.9 Å². The third-order valence-electron chi connectivity index (χ3n) is 3.24. The molecular formula is C14H17N3O3. The van der Waals surface area contributed by atoms with Gasteiger partial charge in [-0.15, -0.1) is 0 Å². The zero-order chi connectivity index (χ0) is 14.8. The van der Waals surface area contributed by atoms with Crippen LogP contribution in [0.5, 0.6) is 5.75 Å². The van der Waals surface area contributed by atoms with Crippen molar-refractivity contribution in [3.63, 3.8) is 0 Å². The first-order chi connectivity index (χ1) is 9.43. The number of nitrogens with one attached hydrogen (secondary N) is 1. The fourth-order valence-corrected chi connectivity index (χ4v) is 1.93. The lowest BCUT2D eigenvalue weighted by atomic mass is 10.1. The van der Waals surface area contributed by atoms with Gasteiger partial charge in [0.15, 0.2) is 0 Å². The molecule has 0 radical (unpaired) electrons. The van der Waals surface area contributed by atoms with Gasteiger partial charge in [-0.05, 0) is 38.8 Å². The van der Waals surface area contributed by atoms with Gasteiger partial charge >= 0.3 is 0 Å². The Morgan fingerprint density at radius 3 is 2.80 bits per heavy atom. The number of nitro benzene ring substituents is 1. The summed E-state index contributed by atoms with van der Waals surface area (Å²) in [5.74, 6) is 0.534. The van der Waals surface area contributed by atoms with Crippen molar-refractivity contribution in [3.05, 3.63) is 33.9 Å². The first-order valence-corrected chi connectivity index (χ1v) is 6.50. The van der Waals surface area contributed by atoms with E-state index in [1.54, 1.807) is 26.0 Å². The molecule has 1 aromatic carbocycles. The first-order valence-electron chi connectivity index (χ1n) is 6.50. The molecule has 0 amide bonds. The predicted molar refractivity (Wildman–Crippen MR) is 73.5 cm³/mol. The number of ether oxygens (including phenoxy) is 1. The molecular weight excluding hydrogens is 258 g/mol. The summed E-state index contributed by atoms with van der Waals surface area (Å²) in [6.07, 6.45) is 2.18. The lowest BCUT2D eigenvalue weighted by Crippen LogP contribution is -2.47. The van der Waals surface area contributed by atoms with E-state index in [4.69, 9.17) is 4.74 Å².